The Labute approximate surface area is 89.3 Å². The summed E-state index contributed by atoms with van der Waals surface area (Å²) in [5, 5.41) is 1.06. The summed E-state index contributed by atoms with van der Waals surface area (Å²) in [5.74, 6) is 0. The molecule has 1 aromatic carbocycles. The molecular weight excluding hydrogens is 248 g/mol. The molecule has 1 aromatic heterocycles. The normalized spacial score (nSPS) is 10.5. The number of benzene rings is 1. The second-order valence-corrected chi connectivity index (χ2v) is 4.02. The van der Waals surface area contributed by atoms with E-state index >= 15 is 0 Å². The first-order chi connectivity index (χ1) is 6.20. The van der Waals surface area contributed by atoms with E-state index in [1.165, 1.54) is 0 Å². The summed E-state index contributed by atoms with van der Waals surface area (Å²) < 4.78 is 1.02. The molecule has 2 aromatic rings. The molecule has 13 heavy (non-hydrogen) atoms. The van der Waals surface area contributed by atoms with Crippen LogP contribution in [0.2, 0.25) is 0 Å². The first kappa shape index (κ1) is 8.72. The molecule has 0 bridgehead atoms. The van der Waals surface area contributed by atoms with Gasteiger partial charge >= 0.3 is 0 Å². The zero-order chi connectivity index (χ0) is 9.42. The zero-order valence-electron chi connectivity index (χ0n) is 6.67. The third-order valence-electron chi connectivity index (χ3n) is 1.93. The minimum absolute atomic E-state index is 0.421. The molecule has 2 rings (SSSR count). The molecule has 1 heterocycles. The molecular formula is C9H7BrN2S. The number of nitrogens with two attached hydrogens (primary N) is 1. The van der Waals surface area contributed by atoms with Gasteiger partial charge in [0.1, 0.15) is 4.99 Å². The molecule has 0 radical (unpaired) electrons. The highest BCUT2D eigenvalue weighted by atomic mass is 79.9. The molecule has 3 N–H and O–H groups in total. The Morgan fingerprint density at radius 1 is 1.46 bits per heavy atom. The molecule has 0 atom stereocenters. The molecule has 0 aliphatic rings. The van der Waals surface area contributed by atoms with Crippen LogP contribution in [-0.2, 0) is 0 Å². The number of hydrogen-bond acceptors (Lipinski definition) is 1. The van der Waals surface area contributed by atoms with Gasteiger partial charge in [0.2, 0.25) is 0 Å². The van der Waals surface area contributed by atoms with Gasteiger partial charge in [0, 0.05) is 21.6 Å². The maximum Gasteiger partial charge on any atom is 0.106 e. The van der Waals surface area contributed by atoms with Gasteiger partial charge in [-0.15, -0.1) is 0 Å². The van der Waals surface area contributed by atoms with Crippen molar-refractivity contribution in [1.29, 1.82) is 0 Å². The van der Waals surface area contributed by atoms with Gasteiger partial charge < -0.3 is 10.7 Å². The predicted octanol–water partition coefficient (Wildman–Crippen LogP) is 2.56. The number of halogens is 1. The molecule has 0 saturated heterocycles. The maximum absolute atomic E-state index is 5.57. The first-order valence-corrected chi connectivity index (χ1v) is 4.95. The molecule has 0 spiro atoms. The summed E-state index contributed by atoms with van der Waals surface area (Å²) in [7, 11) is 0. The number of rotatable bonds is 1. The van der Waals surface area contributed by atoms with Gasteiger partial charge in [0.05, 0.1) is 5.52 Å². The first-order valence-electron chi connectivity index (χ1n) is 3.75. The van der Waals surface area contributed by atoms with Crippen LogP contribution < -0.4 is 5.73 Å². The van der Waals surface area contributed by atoms with Crippen LogP contribution in [0.4, 0.5) is 0 Å². The quantitative estimate of drug-likeness (QED) is 0.769. The van der Waals surface area contributed by atoms with Crippen molar-refractivity contribution >= 4 is 44.0 Å². The molecule has 0 aliphatic heterocycles. The van der Waals surface area contributed by atoms with Crippen molar-refractivity contribution < 1.29 is 0 Å². The Kier molecular flexibility index (Phi) is 2.09. The fourth-order valence-electron chi connectivity index (χ4n) is 1.32. The van der Waals surface area contributed by atoms with Gasteiger partial charge in [-0.25, -0.2) is 0 Å². The number of aromatic amines is 1. The molecule has 0 unspecified atom stereocenters. The summed E-state index contributed by atoms with van der Waals surface area (Å²) in [5.41, 5.74) is 7.50. The fraction of sp³-hybridized carbons (Fsp3) is 0. The Morgan fingerprint density at radius 2 is 2.23 bits per heavy atom. The van der Waals surface area contributed by atoms with Crippen molar-refractivity contribution in [3.63, 3.8) is 0 Å². The summed E-state index contributed by atoms with van der Waals surface area (Å²) in [6, 6.07) is 5.93. The number of thiocarbonyl (C=S) groups is 1. The van der Waals surface area contributed by atoms with Crippen LogP contribution in [0.25, 0.3) is 10.9 Å². The molecule has 0 amide bonds. The predicted molar refractivity (Wildman–Crippen MR) is 61.9 cm³/mol. The van der Waals surface area contributed by atoms with Gasteiger partial charge in [-0.3, -0.25) is 0 Å². The number of fused-ring (bicyclic) bond motifs is 1. The van der Waals surface area contributed by atoms with Gasteiger partial charge in [-0.05, 0) is 22.0 Å². The van der Waals surface area contributed by atoms with Crippen LogP contribution >= 0.6 is 28.1 Å². The van der Waals surface area contributed by atoms with Crippen LogP contribution in [0, 0.1) is 0 Å². The van der Waals surface area contributed by atoms with E-state index in [1.807, 2.05) is 24.4 Å². The van der Waals surface area contributed by atoms with E-state index in [-0.39, 0.29) is 0 Å². The number of aromatic nitrogens is 1. The van der Waals surface area contributed by atoms with E-state index in [4.69, 9.17) is 18.0 Å². The van der Waals surface area contributed by atoms with Crippen LogP contribution in [0.5, 0.6) is 0 Å². The third kappa shape index (κ3) is 1.36. The molecule has 2 nitrogen and oxygen atoms in total. The van der Waals surface area contributed by atoms with Gasteiger partial charge in [-0.2, -0.15) is 0 Å². The van der Waals surface area contributed by atoms with Crippen molar-refractivity contribution in [2.24, 2.45) is 5.73 Å². The summed E-state index contributed by atoms with van der Waals surface area (Å²) in [6.45, 7) is 0. The average Bonchev–Trinajstić information content (AvgIpc) is 2.48. The van der Waals surface area contributed by atoms with Crippen molar-refractivity contribution in [3.8, 4) is 0 Å². The lowest BCUT2D eigenvalue weighted by Crippen LogP contribution is -2.08. The molecule has 0 saturated carbocycles. The average molecular weight is 255 g/mol. The second-order valence-electron chi connectivity index (χ2n) is 2.73. The maximum atomic E-state index is 5.57. The third-order valence-corrected chi connectivity index (χ3v) is 2.81. The van der Waals surface area contributed by atoms with Crippen molar-refractivity contribution in [1.82, 2.24) is 4.98 Å². The number of hydrogen-bond donors (Lipinski definition) is 2. The Bertz CT molecular complexity index is 475. The van der Waals surface area contributed by atoms with Gasteiger partial charge in [0.15, 0.2) is 0 Å². The smallest absolute Gasteiger partial charge is 0.106 e. The Morgan fingerprint density at radius 3 is 2.92 bits per heavy atom. The van der Waals surface area contributed by atoms with E-state index in [0.717, 1.165) is 20.9 Å². The number of nitrogens with one attached hydrogen (secondary N) is 1. The molecule has 0 aliphatic carbocycles. The molecule has 66 valence electrons. The monoisotopic (exact) mass is 254 g/mol. The van der Waals surface area contributed by atoms with E-state index in [0.29, 0.717) is 4.99 Å². The number of H-pyrrole nitrogens is 1. The Balaban J connectivity index is 2.83. The lowest BCUT2D eigenvalue weighted by molar-refractivity contribution is 1.46. The van der Waals surface area contributed by atoms with Crippen LogP contribution in [0.15, 0.2) is 28.9 Å². The highest BCUT2D eigenvalue weighted by molar-refractivity contribution is 9.10. The van der Waals surface area contributed by atoms with E-state index in [9.17, 15) is 0 Å². The summed E-state index contributed by atoms with van der Waals surface area (Å²) >= 11 is 8.37. The van der Waals surface area contributed by atoms with Crippen LogP contribution in [0.1, 0.15) is 5.56 Å². The van der Waals surface area contributed by atoms with Crippen LogP contribution in [-0.4, -0.2) is 9.97 Å². The molecule has 4 heteroatoms. The van der Waals surface area contributed by atoms with Gasteiger partial charge in [0.25, 0.3) is 0 Å². The number of para-hydroxylation sites is 1. The van der Waals surface area contributed by atoms with Gasteiger partial charge in [-0.1, -0.05) is 24.4 Å². The minimum Gasteiger partial charge on any atom is -0.389 e. The topological polar surface area (TPSA) is 41.8 Å². The lowest BCUT2D eigenvalue weighted by atomic mass is 10.2. The van der Waals surface area contributed by atoms with Crippen molar-refractivity contribution in [3.05, 3.63) is 34.4 Å². The SMILES string of the molecule is NC(=S)c1c[nH]c2c(Br)cccc12. The standard InChI is InChI=1S/C9H7BrN2S/c10-7-3-1-2-5-6(9(11)13)4-12-8(5)7/h1-4,12H,(H2,11,13). The van der Waals surface area contributed by atoms with Crippen molar-refractivity contribution in [2.45, 2.75) is 0 Å². The van der Waals surface area contributed by atoms with E-state index in [2.05, 4.69) is 20.9 Å². The molecule has 0 fully saturated rings. The highest BCUT2D eigenvalue weighted by Crippen LogP contribution is 2.25. The van der Waals surface area contributed by atoms with E-state index in [1.54, 1.807) is 0 Å². The van der Waals surface area contributed by atoms with Crippen molar-refractivity contribution in [2.75, 3.05) is 0 Å². The zero-order valence-corrected chi connectivity index (χ0v) is 9.08. The minimum atomic E-state index is 0.421. The second kappa shape index (κ2) is 3.12. The van der Waals surface area contributed by atoms with E-state index < -0.39 is 0 Å². The summed E-state index contributed by atoms with van der Waals surface area (Å²) in [4.78, 5) is 3.54. The summed E-state index contributed by atoms with van der Waals surface area (Å²) in [6.07, 6.45) is 1.83. The fourth-order valence-corrected chi connectivity index (χ4v) is 1.97. The Hall–Kier alpha value is -0.870. The highest BCUT2D eigenvalue weighted by Gasteiger charge is 2.06. The largest absolute Gasteiger partial charge is 0.389 e. The van der Waals surface area contributed by atoms with Crippen LogP contribution in [0.3, 0.4) is 0 Å². The lowest BCUT2D eigenvalue weighted by Gasteiger charge is -1.95.